The number of rotatable bonds is 2. The molecule has 1 aliphatic carbocycles. The zero-order valence-corrected chi connectivity index (χ0v) is 12.1. The van der Waals surface area contributed by atoms with Crippen molar-refractivity contribution < 1.29 is 4.52 Å². The van der Waals surface area contributed by atoms with Crippen molar-refractivity contribution in [3.8, 4) is 0 Å². The Morgan fingerprint density at radius 3 is 2.63 bits per heavy atom. The van der Waals surface area contributed by atoms with Crippen molar-refractivity contribution in [2.24, 2.45) is 5.41 Å². The smallest absolute Gasteiger partial charge is 0.231 e. The molecule has 19 heavy (non-hydrogen) atoms. The molecule has 1 saturated heterocycles. The summed E-state index contributed by atoms with van der Waals surface area (Å²) in [6, 6.07) is 0. The molecule has 1 atom stereocenters. The van der Waals surface area contributed by atoms with Crippen LogP contribution >= 0.6 is 0 Å². The van der Waals surface area contributed by atoms with E-state index in [1.165, 1.54) is 38.5 Å². The standard InChI is InChI=1S/C15H25N3O/c1-15(2)7-5-11(6-8-15)13-17-14(19-18-13)12-4-3-9-16-10-12/h11-12,16H,3-10H2,1-2H3/t12-/m1/s1. The van der Waals surface area contributed by atoms with Crippen LogP contribution in [0.3, 0.4) is 0 Å². The summed E-state index contributed by atoms with van der Waals surface area (Å²) in [6.07, 6.45) is 7.33. The van der Waals surface area contributed by atoms with E-state index in [4.69, 9.17) is 4.52 Å². The molecule has 1 aliphatic heterocycles. The van der Waals surface area contributed by atoms with Gasteiger partial charge < -0.3 is 9.84 Å². The fraction of sp³-hybridized carbons (Fsp3) is 0.867. The molecule has 0 aromatic carbocycles. The van der Waals surface area contributed by atoms with Gasteiger partial charge in [-0.05, 0) is 50.5 Å². The molecule has 4 heteroatoms. The fourth-order valence-electron chi connectivity index (χ4n) is 3.30. The first kappa shape index (κ1) is 13.1. The van der Waals surface area contributed by atoms with Crippen molar-refractivity contribution in [3.63, 3.8) is 0 Å². The van der Waals surface area contributed by atoms with Gasteiger partial charge in [0.2, 0.25) is 5.89 Å². The Bertz CT molecular complexity index is 411. The van der Waals surface area contributed by atoms with Gasteiger partial charge in [-0.3, -0.25) is 0 Å². The Morgan fingerprint density at radius 2 is 1.95 bits per heavy atom. The van der Waals surface area contributed by atoms with Gasteiger partial charge in [0.05, 0.1) is 5.92 Å². The lowest BCUT2D eigenvalue weighted by Gasteiger charge is -2.32. The fourth-order valence-corrected chi connectivity index (χ4v) is 3.30. The summed E-state index contributed by atoms with van der Waals surface area (Å²) in [5.41, 5.74) is 0.496. The molecule has 2 fully saturated rings. The summed E-state index contributed by atoms with van der Waals surface area (Å²) >= 11 is 0. The average Bonchev–Trinajstić information content (AvgIpc) is 2.89. The SMILES string of the molecule is CC1(C)CCC(c2noc([C@@H]3CCCNC3)n2)CC1. The van der Waals surface area contributed by atoms with Crippen LogP contribution in [0.2, 0.25) is 0 Å². The lowest BCUT2D eigenvalue weighted by atomic mass is 9.73. The number of hydrogen-bond donors (Lipinski definition) is 1. The van der Waals surface area contributed by atoms with Crippen LogP contribution < -0.4 is 5.32 Å². The van der Waals surface area contributed by atoms with Crippen molar-refractivity contribution in [1.29, 1.82) is 0 Å². The van der Waals surface area contributed by atoms with Crippen LogP contribution in [0.5, 0.6) is 0 Å². The van der Waals surface area contributed by atoms with Crippen LogP contribution in [0.1, 0.15) is 75.9 Å². The molecule has 1 N–H and O–H groups in total. The van der Waals surface area contributed by atoms with E-state index in [0.717, 1.165) is 24.8 Å². The Balaban J connectivity index is 1.64. The highest BCUT2D eigenvalue weighted by molar-refractivity contribution is 5.02. The molecule has 0 amide bonds. The minimum Gasteiger partial charge on any atom is -0.339 e. The van der Waals surface area contributed by atoms with E-state index < -0.39 is 0 Å². The van der Waals surface area contributed by atoms with E-state index in [-0.39, 0.29) is 0 Å². The van der Waals surface area contributed by atoms with Gasteiger partial charge >= 0.3 is 0 Å². The highest BCUT2D eigenvalue weighted by Crippen LogP contribution is 2.41. The van der Waals surface area contributed by atoms with Crippen LogP contribution in [0.15, 0.2) is 4.52 Å². The Kier molecular flexibility index (Phi) is 3.61. The Labute approximate surface area is 115 Å². The summed E-state index contributed by atoms with van der Waals surface area (Å²) in [4.78, 5) is 4.69. The first-order chi connectivity index (χ1) is 9.14. The lowest BCUT2D eigenvalue weighted by molar-refractivity contribution is 0.218. The second-order valence-corrected chi connectivity index (χ2v) is 6.97. The maximum atomic E-state index is 5.51. The lowest BCUT2D eigenvalue weighted by Crippen LogP contribution is -2.28. The third-order valence-electron chi connectivity index (χ3n) is 4.81. The van der Waals surface area contributed by atoms with Gasteiger partial charge in [0.15, 0.2) is 5.82 Å². The molecule has 0 unspecified atom stereocenters. The molecule has 0 radical (unpaired) electrons. The summed E-state index contributed by atoms with van der Waals surface area (Å²) in [6.45, 7) is 6.83. The summed E-state index contributed by atoms with van der Waals surface area (Å²) in [7, 11) is 0. The molecule has 2 heterocycles. The van der Waals surface area contributed by atoms with E-state index in [0.29, 0.717) is 17.3 Å². The highest BCUT2D eigenvalue weighted by atomic mass is 16.5. The summed E-state index contributed by atoms with van der Waals surface area (Å²) in [5, 5.41) is 7.65. The minimum atomic E-state index is 0.426. The molecule has 2 aliphatic rings. The maximum absolute atomic E-state index is 5.51. The molecule has 3 rings (SSSR count). The predicted molar refractivity (Wildman–Crippen MR) is 74.1 cm³/mol. The van der Waals surface area contributed by atoms with Gasteiger partial charge in [-0.2, -0.15) is 4.98 Å². The second-order valence-electron chi connectivity index (χ2n) is 6.97. The second kappa shape index (κ2) is 5.23. The summed E-state index contributed by atoms with van der Waals surface area (Å²) < 4.78 is 5.51. The van der Waals surface area contributed by atoms with Crippen molar-refractivity contribution in [3.05, 3.63) is 11.7 Å². The van der Waals surface area contributed by atoms with Gasteiger partial charge in [-0.15, -0.1) is 0 Å². The summed E-state index contributed by atoms with van der Waals surface area (Å²) in [5.74, 6) is 2.75. The zero-order chi connectivity index (χ0) is 13.3. The van der Waals surface area contributed by atoms with Crippen LogP contribution in [0.25, 0.3) is 0 Å². The monoisotopic (exact) mass is 263 g/mol. The van der Waals surface area contributed by atoms with Gasteiger partial charge in [0.25, 0.3) is 0 Å². The first-order valence-electron chi connectivity index (χ1n) is 7.68. The van der Waals surface area contributed by atoms with Gasteiger partial charge in [0, 0.05) is 12.5 Å². The molecule has 1 aromatic rings. The molecular weight excluding hydrogens is 238 g/mol. The molecule has 106 valence electrons. The topological polar surface area (TPSA) is 51.0 Å². The number of nitrogens with zero attached hydrogens (tertiary/aromatic N) is 2. The quantitative estimate of drug-likeness (QED) is 0.890. The van der Waals surface area contributed by atoms with Crippen molar-refractivity contribution in [2.75, 3.05) is 13.1 Å². The third kappa shape index (κ3) is 2.99. The van der Waals surface area contributed by atoms with Crippen LogP contribution in [0.4, 0.5) is 0 Å². The van der Waals surface area contributed by atoms with E-state index in [1.54, 1.807) is 0 Å². The maximum Gasteiger partial charge on any atom is 0.231 e. The Hall–Kier alpha value is -0.900. The highest BCUT2D eigenvalue weighted by Gasteiger charge is 2.31. The molecule has 1 aromatic heterocycles. The molecule has 0 spiro atoms. The van der Waals surface area contributed by atoms with Crippen LogP contribution in [0, 0.1) is 5.41 Å². The van der Waals surface area contributed by atoms with E-state index in [1.807, 2.05) is 0 Å². The van der Waals surface area contributed by atoms with Gasteiger partial charge in [0.1, 0.15) is 0 Å². The molecule has 4 nitrogen and oxygen atoms in total. The van der Waals surface area contributed by atoms with Crippen molar-refractivity contribution >= 4 is 0 Å². The first-order valence-corrected chi connectivity index (χ1v) is 7.68. The van der Waals surface area contributed by atoms with Crippen molar-refractivity contribution in [1.82, 2.24) is 15.5 Å². The predicted octanol–water partition coefficient (Wildman–Crippen LogP) is 3.22. The van der Waals surface area contributed by atoms with Crippen molar-refractivity contribution in [2.45, 2.75) is 64.2 Å². The van der Waals surface area contributed by atoms with E-state index >= 15 is 0 Å². The molecule has 1 saturated carbocycles. The number of piperidine rings is 1. The minimum absolute atomic E-state index is 0.426. The van der Waals surface area contributed by atoms with Crippen LogP contribution in [-0.2, 0) is 0 Å². The average molecular weight is 263 g/mol. The largest absolute Gasteiger partial charge is 0.339 e. The Morgan fingerprint density at radius 1 is 1.16 bits per heavy atom. The number of hydrogen-bond acceptors (Lipinski definition) is 4. The van der Waals surface area contributed by atoms with E-state index in [9.17, 15) is 0 Å². The number of aromatic nitrogens is 2. The van der Waals surface area contributed by atoms with Crippen LogP contribution in [-0.4, -0.2) is 23.2 Å². The third-order valence-corrected chi connectivity index (χ3v) is 4.81. The number of nitrogens with one attached hydrogen (secondary N) is 1. The van der Waals surface area contributed by atoms with Gasteiger partial charge in [-0.1, -0.05) is 19.0 Å². The van der Waals surface area contributed by atoms with E-state index in [2.05, 4.69) is 29.3 Å². The molecular formula is C15H25N3O. The molecule has 0 bridgehead atoms. The van der Waals surface area contributed by atoms with Gasteiger partial charge in [-0.25, -0.2) is 0 Å². The zero-order valence-electron chi connectivity index (χ0n) is 12.1. The normalized spacial score (nSPS) is 28.4.